The monoisotopic (exact) mass is 253 g/mol. The van der Waals surface area contributed by atoms with Gasteiger partial charge in [0, 0.05) is 31.1 Å². The van der Waals surface area contributed by atoms with Crippen LogP contribution in [0.3, 0.4) is 0 Å². The van der Waals surface area contributed by atoms with E-state index in [0.717, 1.165) is 18.9 Å². The molecule has 0 radical (unpaired) electrons. The molecule has 1 N–H and O–H groups in total. The average Bonchev–Trinajstić information content (AvgIpc) is 2.30. The van der Waals surface area contributed by atoms with Crippen molar-refractivity contribution in [3.63, 3.8) is 0 Å². The Balaban J connectivity index is 2.58. The summed E-state index contributed by atoms with van der Waals surface area (Å²) >= 11 is 1.89. The van der Waals surface area contributed by atoms with Crippen LogP contribution in [0.5, 0.6) is 0 Å². The second-order valence-electron chi connectivity index (χ2n) is 4.30. The van der Waals surface area contributed by atoms with E-state index < -0.39 is 0 Å². The van der Waals surface area contributed by atoms with Crippen molar-refractivity contribution in [1.29, 1.82) is 0 Å². The van der Waals surface area contributed by atoms with Gasteiger partial charge in [-0.25, -0.2) is 4.98 Å². The predicted molar refractivity (Wildman–Crippen MR) is 77.7 cm³/mol. The highest BCUT2D eigenvalue weighted by Gasteiger charge is 2.09. The van der Waals surface area contributed by atoms with Crippen molar-refractivity contribution >= 4 is 17.6 Å². The normalized spacial score (nSPS) is 12.8. The van der Waals surface area contributed by atoms with Crippen LogP contribution < -0.4 is 5.32 Å². The lowest BCUT2D eigenvalue weighted by atomic mass is 10.2. The Labute approximate surface area is 109 Å². The molecule has 0 aromatic carbocycles. The highest BCUT2D eigenvalue weighted by Crippen LogP contribution is 2.11. The maximum atomic E-state index is 4.28. The van der Waals surface area contributed by atoms with E-state index in [1.54, 1.807) is 0 Å². The lowest BCUT2D eigenvalue weighted by Gasteiger charge is -2.24. The van der Waals surface area contributed by atoms with Crippen molar-refractivity contribution in [3.8, 4) is 0 Å². The number of thioether (sulfide) groups is 1. The molecule has 0 aliphatic rings. The van der Waals surface area contributed by atoms with E-state index >= 15 is 0 Å². The molecule has 0 saturated carbocycles. The number of rotatable bonds is 7. The van der Waals surface area contributed by atoms with Gasteiger partial charge in [-0.05, 0) is 44.8 Å². The van der Waals surface area contributed by atoms with E-state index in [1.165, 1.54) is 11.3 Å². The average molecular weight is 253 g/mol. The fraction of sp³-hybridized carbons (Fsp3) is 0.615. The first-order valence-electron chi connectivity index (χ1n) is 6.05. The van der Waals surface area contributed by atoms with E-state index in [1.807, 2.05) is 18.0 Å². The molecule has 3 nitrogen and oxygen atoms in total. The molecule has 0 saturated heterocycles. The van der Waals surface area contributed by atoms with Gasteiger partial charge in [0.2, 0.25) is 0 Å². The summed E-state index contributed by atoms with van der Waals surface area (Å²) in [6, 6.07) is 4.82. The summed E-state index contributed by atoms with van der Waals surface area (Å²) in [4.78, 5) is 6.66. The smallest absolute Gasteiger partial charge is 0.126 e. The van der Waals surface area contributed by atoms with Gasteiger partial charge < -0.3 is 5.32 Å². The molecule has 1 atom stereocenters. The molecule has 17 heavy (non-hydrogen) atoms. The van der Waals surface area contributed by atoms with Crippen LogP contribution in [0.1, 0.15) is 19.4 Å². The van der Waals surface area contributed by atoms with E-state index in [9.17, 15) is 0 Å². The van der Waals surface area contributed by atoms with Gasteiger partial charge in [0.05, 0.1) is 0 Å². The van der Waals surface area contributed by atoms with Gasteiger partial charge in [-0.1, -0.05) is 0 Å². The second kappa shape index (κ2) is 7.56. The van der Waals surface area contributed by atoms with E-state index in [2.05, 4.69) is 54.5 Å². The van der Waals surface area contributed by atoms with Gasteiger partial charge in [-0.3, -0.25) is 4.90 Å². The molecular weight excluding hydrogens is 230 g/mol. The quantitative estimate of drug-likeness (QED) is 0.809. The molecule has 1 rings (SSSR count). The van der Waals surface area contributed by atoms with E-state index in [4.69, 9.17) is 0 Å². The maximum absolute atomic E-state index is 4.28. The minimum Gasteiger partial charge on any atom is -0.370 e. The van der Waals surface area contributed by atoms with Crippen molar-refractivity contribution in [3.05, 3.63) is 23.9 Å². The number of nitrogens with zero attached hydrogens (tertiary/aromatic N) is 2. The van der Waals surface area contributed by atoms with Gasteiger partial charge in [0.15, 0.2) is 0 Å². The number of hydrogen-bond donors (Lipinski definition) is 1. The summed E-state index contributed by atoms with van der Waals surface area (Å²) in [5, 5.41) is 3.24. The number of anilines is 1. The third kappa shape index (κ3) is 4.96. The Kier molecular flexibility index (Phi) is 6.37. The van der Waals surface area contributed by atoms with E-state index in [-0.39, 0.29) is 0 Å². The van der Waals surface area contributed by atoms with Crippen molar-refractivity contribution in [1.82, 2.24) is 9.88 Å². The summed E-state index contributed by atoms with van der Waals surface area (Å²) in [6.07, 6.45) is 4.03. The standard InChI is InChI=1S/C13H23N3S/c1-5-14-13-8-12(6-7-15-13)9-16(3)11(2)10-17-4/h6-8,11H,5,9-10H2,1-4H3,(H,14,15). The van der Waals surface area contributed by atoms with Crippen LogP contribution in [0.15, 0.2) is 18.3 Å². The summed E-state index contributed by atoms with van der Waals surface area (Å²) in [6.45, 7) is 6.24. The van der Waals surface area contributed by atoms with Crippen molar-refractivity contribution in [2.45, 2.75) is 26.4 Å². The molecule has 0 fully saturated rings. The molecular formula is C13H23N3S. The third-order valence-corrected chi connectivity index (χ3v) is 3.59. The fourth-order valence-corrected chi connectivity index (χ4v) is 2.40. The van der Waals surface area contributed by atoms with Crippen LogP contribution in [0, 0.1) is 0 Å². The molecule has 1 aromatic rings. The molecule has 1 heterocycles. The first-order chi connectivity index (χ1) is 8.17. The molecule has 0 spiro atoms. The molecule has 0 bridgehead atoms. The predicted octanol–water partition coefficient (Wildman–Crippen LogP) is 2.70. The Morgan fingerprint density at radius 3 is 2.94 bits per heavy atom. The Hall–Kier alpha value is -0.740. The van der Waals surface area contributed by atoms with Gasteiger partial charge >= 0.3 is 0 Å². The maximum Gasteiger partial charge on any atom is 0.126 e. The van der Waals surface area contributed by atoms with Crippen LogP contribution >= 0.6 is 11.8 Å². The molecule has 96 valence electrons. The lowest BCUT2D eigenvalue weighted by Crippen LogP contribution is -2.30. The van der Waals surface area contributed by atoms with Gasteiger partial charge in [0.25, 0.3) is 0 Å². The highest BCUT2D eigenvalue weighted by atomic mass is 32.2. The Morgan fingerprint density at radius 2 is 2.29 bits per heavy atom. The Bertz CT molecular complexity index is 330. The largest absolute Gasteiger partial charge is 0.370 e. The second-order valence-corrected chi connectivity index (χ2v) is 5.21. The van der Waals surface area contributed by atoms with Crippen LogP contribution in [0.4, 0.5) is 5.82 Å². The van der Waals surface area contributed by atoms with Gasteiger partial charge in [-0.15, -0.1) is 0 Å². The minimum absolute atomic E-state index is 0.598. The van der Waals surface area contributed by atoms with Gasteiger partial charge in [0.1, 0.15) is 5.82 Å². The number of pyridine rings is 1. The zero-order valence-corrected chi connectivity index (χ0v) is 12.0. The summed E-state index contributed by atoms with van der Waals surface area (Å²) < 4.78 is 0. The number of nitrogens with one attached hydrogen (secondary N) is 1. The molecule has 0 amide bonds. The van der Waals surface area contributed by atoms with E-state index in [0.29, 0.717) is 6.04 Å². The van der Waals surface area contributed by atoms with Crippen molar-refractivity contribution in [2.75, 3.05) is 30.9 Å². The summed E-state index contributed by atoms with van der Waals surface area (Å²) in [5.74, 6) is 2.14. The SMILES string of the molecule is CCNc1cc(CN(C)C(C)CSC)ccn1. The number of hydrogen-bond acceptors (Lipinski definition) is 4. The fourth-order valence-electron chi connectivity index (χ4n) is 1.66. The van der Waals surface area contributed by atoms with Crippen LogP contribution in [0.2, 0.25) is 0 Å². The Morgan fingerprint density at radius 1 is 1.53 bits per heavy atom. The summed E-state index contributed by atoms with van der Waals surface area (Å²) in [5.41, 5.74) is 1.31. The molecule has 0 aliphatic heterocycles. The topological polar surface area (TPSA) is 28.2 Å². The molecule has 1 aromatic heterocycles. The minimum atomic E-state index is 0.598. The van der Waals surface area contributed by atoms with Gasteiger partial charge in [-0.2, -0.15) is 11.8 Å². The first kappa shape index (κ1) is 14.3. The molecule has 0 aliphatic carbocycles. The third-order valence-electron chi connectivity index (χ3n) is 2.77. The van der Waals surface area contributed by atoms with Crippen LogP contribution in [-0.2, 0) is 6.54 Å². The molecule has 1 unspecified atom stereocenters. The lowest BCUT2D eigenvalue weighted by molar-refractivity contribution is 0.269. The van der Waals surface area contributed by atoms with Crippen LogP contribution in [-0.4, -0.2) is 41.5 Å². The van der Waals surface area contributed by atoms with Crippen molar-refractivity contribution in [2.24, 2.45) is 0 Å². The first-order valence-corrected chi connectivity index (χ1v) is 7.44. The zero-order valence-electron chi connectivity index (χ0n) is 11.2. The zero-order chi connectivity index (χ0) is 12.7. The molecule has 4 heteroatoms. The van der Waals surface area contributed by atoms with Crippen molar-refractivity contribution < 1.29 is 0 Å². The highest BCUT2D eigenvalue weighted by molar-refractivity contribution is 7.98. The summed E-state index contributed by atoms with van der Waals surface area (Å²) in [7, 11) is 2.17. The van der Waals surface area contributed by atoms with Crippen LogP contribution in [0.25, 0.3) is 0 Å². The number of aromatic nitrogens is 1.